The second kappa shape index (κ2) is 6.96. The SMILES string of the molecule is O=C(NC1CCc2c(F)cccc21)C(c1ccccc1)N1CCCC1. The minimum atomic E-state index is -0.263. The van der Waals surface area contributed by atoms with Crippen molar-refractivity contribution in [1.29, 1.82) is 0 Å². The molecule has 1 heterocycles. The van der Waals surface area contributed by atoms with Gasteiger partial charge in [-0.1, -0.05) is 42.5 Å². The zero-order valence-corrected chi connectivity index (χ0v) is 14.2. The molecule has 2 aromatic rings. The molecule has 4 rings (SSSR count). The average molecular weight is 338 g/mol. The van der Waals surface area contributed by atoms with Gasteiger partial charge in [0.15, 0.2) is 0 Å². The lowest BCUT2D eigenvalue weighted by molar-refractivity contribution is -0.127. The summed E-state index contributed by atoms with van der Waals surface area (Å²) >= 11 is 0. The Bertz CT molecular complexity index is 756. The number of benzene rings is 2. The van der Waals surface area contributed by atoms with Gasteiger partial charge in [-0.05, 0) is 61.5 Å². The summed E-state index contributed by atoms with van der Waals surface area (Å²) in [6, 6.07) is 14.8. The highest BCUT2D eigenvalue weighted by molar-refractivity contribution is 5.83. The van der Waals surface area contributed by atoms with E-state index < -0.39 is 0 Å². The molecule has 0 aromatic heterocycles. The molecule has 0 radical (unpaired) electrons. The predicted octanol–water partition coefficient (Wildman–Crippen LogP) is 3.77. The van der Waals surface area contributed by atoms with E-state index in [0.29, 0.717) is 6.42 Å². The Labute approximate surface area is 147 Å². The fourth-order valence-electron chi connectivity index (χ4n) is 4.17. The fourth-order valence-corrected chi connectivity index (χ4v) is 4.17. The molecular formula is C21H23FN2O. The van der Waals surface area contributed by atoms with Crippen LogP contribution in [0.4, 0.5) is 4.39 Å². The molecule has 1 fully saturated rings. The van der Waals surface area contributed by atoms with Crippen LogP contribution in [-0.2, 0) is 11.2 Å². The van der Waals surface area contributed by atoms with Crippen LogP contribution in [0.2, 0.25) is 0 Å². The van der Waals surface area contributed by atoms with Crippen LogP contribution in [-0.4, -0.2) is 23.9 Å². The Hall–Kier alpha value is -2.20. The number of carbonyl (C=O) groups is 1. The standard InChI is InChI=1S/C21H23FN2O/c22-18-10-6-9-17-16(18)11-12-19(17)23-21(25)20(24-13-4-5-14-24)15-7-2-1-3-8-15/h1-3,6-10,19-20H,4-5,11-14H2,(H,23,25). The van der Waals surface area contributed by atoms with Gasteiger partial charge in [0.05, 0.1) is 6.04 Å². The molecule has 2 unspecified atom stereocenters. The molecule has 2 atom stereocenters. The monoisotopic (exact) mass is 338 g/mol. The Kier molecular flexibility index (Phi) is 4.53. The molecule has 1 N–H and O–H groups in total. The number of carbonyl (C=O) groups excluding carboxylic acids is 1. The largest absolute Gasteiger partial charge is 0.348 e. The lowest BCUT2D eigenvalue weighted by atomic mass is 10.0. The van der Waals surface area contributed by atoms with E-state index in [0.717, 1.165) is 49.0 Å². The van der Waals surface area contributed by atoms with Gasteiger partial charge in [0, 0.05) is 0 Å². The van der Waals surface area contributed by atoms with Crippen LogP contribution in [0, 0.1) is 5.82 Å². The van der Waals surface area contributed by atoms with Crippen molar-refractivity contribution < 1.29 is 9.18 Å². The molecule has 0 saturated carbocycles. The summed E-state index contributed by atoms with van der Waals surface area (Å²) in [5.74, 6) is -0.136. The number of amides is 1. The molecule has 3 nitrogen and oxygen atoms in total. The first kappa shape index (κ1) is 16.3. The third-order valence-electron chi connectivity index (χ3n) is 5.40. The van der Waals surface area contributed by atoms with Crippen LogP contribution in [0.1, 0.15) is 48.0 Å². The van der Waals surface area contributed by atoms with E-state index in [9.17, 15) is 9.18 Å². The Morgan fingerprint density at radius 3 is 2.60 bits per heavy atom. The highest BCUT2D eigenvalue weighted by atomic mass is 19.1. The van der Waals surface area contributed by atoms with Crippen molar-refractivity contribution in [2.24, 2.45) is 0 Å². The van der Waals surface area contributed by atoms with E-state index >= 15 is 0 Å². The summed E-state index contributed by atoms with van der Waals surface area (Å²) in [6.45, 7) is 1.89. The highest BCUT2D eigenvalue weighted by Crippen LogP contribution is 2.34. The second-order valence-corrected chi connectivity index (χ2v) is 6.96. The molecule has 130 valence electrons. The lowest BCUT2D eigenvalue weighted by Crippen LogP contribution is -2.40. The van der Waals surface area contributed by atoms with Crippen LogP contribution >= 0.6 is 0 Å². The van der Waals surface area contributed by atoms with Crippen LogP contribution in [0.3, 0.4) is 0 Å². The molecule has 1 amide bonds. The summed E-state index contributed by atoms with van der Waals surface area (Å²) in [6.07, 6.45) is 3.72. The summed E-state index contributed by atoms with van der Waals surface area (Å²) < 4.78 is 13.9. The van der Waals surface area contributed by atoms with Gasteiger partial charge in [-0.3, -0.25) is 9.69 Å². The Morgan fingerprint density at radius 1 is 1.08 bits per heavy atom. The van der Waals surface area contributed by atoms with E-state index in [-0.39, 0.29) is 23.8 Å². The van der Waals surface area contributed by atoms with Gasteiger partial charge in [0.2, 0.25) is 5.91 Å². The van der Waals surface area contributed by atoms with Gasteiger partial charge in [-0.2, -0.15) is 0 Å². The number of nitrogens with zero attached hydrogens (tertiary/aromatic N) is 1. The molecule has 25 heavy (non-hydrogen) atoms. The maximum absolute atomic E-state index is 13.9. The van der Waals surface area contributed by atoms with Crippen molar-refractivity contribution in [1.82, 2.24) is 10.2 Å². The first-order chi connectivity index (χ1) is 12.2. The van der Waals surface area contributed by atoms with Gasteiger partial charge < -0.3 is 5.32 Å². The minimum absolute atomic E-state index is 0.0233. The van der Waals surface area contributed by atoms with Gasteiger partial charge >= 0.3 is 0 Å². The number of nitrogens with one attached hydrogen (secondary N) is 1. The van der Waals surface area contributed by atoms with Crippen molar-refractivity contribution >= 4 is 5.91 Å². The number of fused-ring (bicyclic) bond motifs is 1. The van der Waals surface area contributed by atoms with Gasteiger partial charge in [0.1, 0.15) is 11.9 Å². The fraction of sp³-hybridized carbons (Fsp3) is 0.381. The number of hydrogen-bond acceptors (Lipinski definition) is 2. The topological polar surface area (TPSA) is 32.3 Å². The highest BCUT2D eigenvalue weighted by Gasteiger charge is 2.33. The molecule has 2 aliphatic rings. The van der Waals surface area contributed by atoms with Crippen molar-refractivity contribution in [2.45, 2.75) is 37.8 Å². The summed E-state index contributed by atoms with van der Waals surface area (Å²) in [5, 5.41) is 3.19. The first-order valence-corrected chi connectivity index (χ1v) is 9.10. The zero-order valence-electron chi connectivity index (χ0n) is 14.2. The number of rotatable bonds is 4. The normalized spacial score (nSPS) is 21.1. The quantitative estimate of drug-likeness (QED) is 0.920. The summed E-state index contributed by atoms with van der Waals surface area (Å²) in [7, 11) is 0. The van der Waals surface area contributed by atoms with E-state index in [1.807, 2.05) is 36.4 Å². The van der Waals surface area contributed by atoms with Crippen molar-refractivity contribution in [2.75, 3.05) is 13.1 Å². The maximum atomic E-state index is 13.9. The van der Waals surface area contributed by atoms with Crippen LogP contribution in [0.25, 0.3) is 0 Å². The smallest absolute Gasteiger partial charge is 0.242 e. The van der Waals surface area contributed by atoms with Crippen molar-refractivity contribution in [3.8, 4) is 0 Å². The van der Waals surface area contributed by atoms with Crippen molar-refractivity contribution in [3.05, 3.63) is 71.0 Å². The van der Waals surface area contributed by atoms with Crippen LogP contribution in [0.5, 0.6) is 0 Å². The molecule has 0 bridgehead atoms. The Balaban J connectivity index is 1.57. The molecular weight excluding hydrogens is 315 g/mol. The molecule has 4 heteroatoms. The van der Waals surface area contributed by atoms with E-state index in [1.54, 1.807) is 6.07 Å². The molecule has 1 saturated heterocycles. The van der Waals surface area contributed by atoms with Gasteiger partial charge in [-0.25, -0.2) is 4.39 Å². The van der Waals surface area contributed by atoms with Crippen molar-refractivity contribution in [3.63, 3.8) is 0 Å². The van der Waals surface area contributed by atoms with Gasteiger partial charge in [-0.15, -0.1) is 0 Å². The first-order valence-electron chi connectivity index (χ1n) is 9.10. The summed E-state index contributed by atoms with van der Waals surface area (Å²) in [4.78, 5) is 15.4. The predicted molar refractivity (Wildman–Crippen MR) is 95.6 cm³/mol. The molecule has 1 aliphatic heterocycles. The second-order valence-electron chi connectivity index (χ2n) is 6.96. The third-order valence-corrected chi connectivity index (χ3v) is 5.40. The summed E-state index contributed by atoms with van der Waals surface area (Å²) in [5.41, 5.74) is 2.71. The number of likely N-dealkylation sites (tertiary alicyclic amines) is 1. The van der Waals surface area contributed by atoms with E-state index in [1.165, 1.54) is 6.07 Å². The molecule has 1 aliphatic carbocycles. The molecule has 0 spiro atoms. The van der Waals surface area contributed by atoms with E-state index in [2.05, 4.69) is 10.2 Å². The zero-order chi connectivity index (χ0) is 17.2. The number of halogens is 1. The van der Waals surface area contributed by atoms with E-state index in [4.69, 9.17) is 0 Å². The van der Waals surface area contributed by atoms with Crippen LogP contribution < -0.4 is 5.32 Å². The minimum Gasteiger partial charge on any atom is -0.348 e. The maximum Gasteiger partial charge on any atom is 0.242 e. The number of hydrogen-bond donors (Lipinski definition) is 1. The molecule has 2 aromatic carbocycles. The Morgan fingerprint density at radius 2 is 1.84 bits per heavy atom. The lowest BCUT2D eigenvalue weighted by Gasteiger charge is -2.28. The average Bonchev–Trinajstić information content (AvgIpc) is 3.28. The van der Waals surface area contributed by atoms with Crippen LogP contribution in [0.15, 0.2) is 48.5 Å². The third kappa shape index (κ3) is 3.19. The van der Waals surface area contributed by atoms with Gasteiger partial charge in [0.25, 0.3) is 0 Å².